The largest absolute Gasteiger partial charge is 0.396 e. The lowest BCUT2D eigenvalue weighted by atomic mass is 9.68. The number of alkyl halides is 1. The zero-order chi connectivity index (χ0) is 9.83. The van der Waals surface area contributed by atoms with Crippen LogP contribution in [0.4, 0.5) is 0 Å². The van der Waals surface area contributed by atoms with Crippen LogP contribution < -0.4 is 0 Å². The van der Waals surface area contributed by atoms with Crippen LogP contribution in [0.15, 0.2) is 0 Å². The molecule has 0 saturated carbocycles. The first kappa shape index (κ1) is 12.6. The zero-order valence-corrected chi connectivity index (χ0v) is 9.71. The first-order valence-electron chi connectivity index (χ1n) is 3.88. The molecule has 1 atom stereocenters. The summed E-state index contributed by atoms with van der Waals surface area (Å²) in [6, 6.07) is 0. The summed E-state index contributed by atoms with van der Waals surface area (Å²) in [4.78, 5) is 0. The number of rotatable bonds is 5. The van der Waals surface area contributed by atoms with Crippen molar-refractivity contribution in [3.8, 4) is 0 Å². The van der Waals surface area contributed by atoms with Crippen LogP contribution in [0.3, 0.4) is 0 Å². The Bertz CT molecular complexity index is 114. The monoisotopic (exact) mass is 288 g/mol. The molecule has 0 rings (SSSR count). The van der Waals surface area contributed by atoms with Crippen molar-refractivity contribution in [3.05, 3.63) is 0 Å². The van der Waals surface area contributed by atoms with Crippen LogP contribution in [0, 0.1) is 10.8 Å². The van der Waals surface area contributed by atoms with Crippen molar-refractivity contribution in [2.24, 2.45) is 10.8 Å². The maximum Gasteiger partial charge on any atom is 0.0513 e. The summed E-state index contributed by atoms with van der Waals surface area (Å²) in [5.74, 6) is 0. The van der Waals surface area contributed by atoms with Crippen LogP contribution >= 0.6 is 22.6 Å². The van der Waals surface area contributed by atoms with Gasteiger partial charge in [0.25, 0.3) is 0 Å². The molecule has 12 heavy (non-hydrogen) atoms. The van der Waals surface area contributed by atoms with E-state index < -0.39 is 10.8 Å². The normalized spacial score (nSPS) is 17.5. The third-order valence-corrected chi connectivity index (χ3v) is 4.48. The second kappa shape index (κ2) is 4.74. The Kier molecular flexibility index (Phi) is 4.98. The molecule has 0 aliphatic heterocycles. The molecule has 0 aromatic carbocycles. The van der Waals surface area contributed by atoms with Crippen LogP contribution in [0.25, 0.3) is 0 Å². The molecule has 4 heteroatoms. The fourth-order valence-corrected chi connectivity index (χ4v) is 1.99. The Morgan fingerprint density at radius 1 is 0.917 bits per heavy atom. The average molecular weight is 288 g/mol. The highest BCUT2D eigenvalue weighted by Gasteiger charge is 2.42. The smallest absolute Gasteiger partial charge is 0.0513 e. The molecule has 0 spiro atoms. The summed E-state index contributed by atoms with van der Waals surface area (Å²) in [6.07, 6.45) is 0. The quantitative estimate of drug-likeness (QED) is 0.507. The maximum absolute atomic E-state index is 9.16. The Morgan fingerprint density at radius 3 is 1.33 bits per heavy atom. The lowest BCUT2D eigenvalue weighted by Crippen LogP contribution is -2.47. The Balaban J connectivity index is 4.66. The standard InChI is InChI=1S/C8H17IO3/c1-7(3-9,4-10)8(2,5-11)6-12/h10-12H,3-6H2,1-2H3. The van der Waals surface area contributed by atoms with Crippen LogP contribution in [-0.2, 0) is 0 Å². The van der Waals surface area contributed by atoms with E-state index in [0.29, 0.717) is 4.43 Å². The maximum atomic E-state index is 9.16. The van der Waals surface area contributed by atoms with E-state index in [1.165, 1.54) is 0 Å². The SMILES string of the molecule is CC(CO)(CO)C(C)(CO)CI. The van der Waals surface area contributed by atoms with E-state index in [4.69, 9.17) is 15.3 Å². The highest BCUT2D eigenvalue weighted by atomic mass is 127. The predicted octanol–water partition coefficient (Wildman–Crippen LogP) is 0.411. The molecule has 3 nitrogen and oxygen atoms in total. The number of aliphatic hydroxyl groups is 3. The minimum Gasteiger partial charge on any atom is -0.396 e. The molecule has 0 fully saturated rings. The van der Waals surface area contributed by atoms with Crippen LogP contribution in [0.1, 0.15) is 13.8 Å². The van der Waals surface area contributed by atoms with Gasteiger partial charge in [-0.15, -0.1) is 0 Å². The molecule has 0 aromatic rings. The fraction of sp³-hybridized carbons (Fsp3) is 1.00. The van der Waals surface area contributed by atoms with E-state index in [1.807, 2.05) is 6.92 Å². The van der Waals surface area contributed by atoms with Gasteiger partial charge in [-0.3, -0.25) is 0 Å². The van der Waals surface area contributed by atoms with Crippen molar-refractivity contribution in [1.29, 1.82) is 0 Å². The number of hydrogen-bond donors (Lipinski definition) is 3. The van der Waals surface area contributed by atoms with Crippen LogP contribution in [0.5, 0.6) is 0 Å². The molecule has 0 aromatic heterocycles. The summed E-state index contributed by atoms with van der Waals surface area (Å²) >= 11 is 2.16. The molecule has 0 aliphatic rings. The van der Waals surface area contributed by atoms with E-state index >= 15 is 0 Å². The molecule has 74 valence electrons. The van der Waals surface area contributed by atoms with Gasteiger partial charge in [-0.05, 0) is 0 Å². The Morgan fingerprint density at radius 2 is 1.25 bits per heavy atom. The van der Waals surface area contributed by atoms with Gasteiger partial charge >= 0.3 is 0 Å². The van der Waals surface area contributed by atoms with Gasteiger partial charge in [0.05, 0.1) is 13.2 Å². The van der Waals surface area contributed by atoms with Crippen LogP contribution in [0.2, 0.25) is 0 Å². The molecule has 0 aliphatic carbocycles. The van der Waals surface area contributed by atoms with Gasteiger partial charge in [-0.25, -0.2) is 0 Å². The molecule has 3 N–H and O–H groups in total. The molecule has 0 heterocycles. The van der Waals surface area contributed by atoms with Gasteiger partial charge in [0.1, 0.15) is 0 Å². The number of hydrogen-bond acceptors (Lipinski definition) is 3. The third-order valence-electron chi connectivity index (χ3n) is 2.80. The lowest BCUT2D eigenvalue weighted by molar-refractivity contribution is -0.0501. The summed E-state index contributed by atoms with van der Waals surface area (Å²) in [6.45, 7) is 3.41. The predicted molar refractivity (Wildman–Crippen MR) is 56.4 cm³/mol. The topological polar surface area (TPSA) is 60.7 Å². The molecule has 0 bridgehead atoms. The highest BCUT2D eigenvalue weighted by Crippen LogP contribution is 2.39. The highest BCUT2D eigenvalue weighted by molar-refractivity contribution is 14.1. The Hall–Kier alpha value is 0.610. The van der Waals surface area contributed by atoms with Gasteiger partial charge in [-0.1, -0.05) is 36.4 Å². The number of halogens is 1. The van der Waals surface area contributed by atoms with Crippen molar-refractivity contribution in [3.63, 3.8) is 0 Å². The van der Waals surface area contributed by atoms with Gasteiger partial charge < -0.3 is 15.3 Å². The van der Waals surface area contributed by atoms with E-state index in [2.05, 4.69) is 22.6 Å². The summed E-state index contributed by atoms with van der Waals surface area (Å²) < 4.78 is 0.707. The summed E-state index contributed by atoms with van der Waals surface area (Å²) in [5.41, 5.74) is -1.03. The van der Waals surface area contributed by atoms with Gasteiger partial charge in [0, 0.05) is 21.9 Å². The van der Waals surface area contributed by atoms with Crippen molar-refractivity contribution >= 4 is 22.6 Å². The van der Waals surface area contributed by atoms with Crippen molar-refractivity contribution < 1.29 is 15.3 Å². The van der Waals surface area contributed by atoms with E-state index in [-0.39, 0.29) is 19.8 Å². The van der Waals surface area contributed by atoms with Crippen LogP contribution in [-0.4, -0.2) is 39.6 Å². The second-order valence-electron chi connectivity index (χ2n) is 3.73. The lowest BCUT2D eigenvalue weighted by Gasteiger charge is -2.42. The summed E-state index contributed by atoms with van der Waals surface area (Å²) in [7, 11) is 0. The first-order chi connectivity index (χ1) is 5.49. The van der Waals surface area contributed by atoms with Crippen molar-refractivity contribution in [1.82, 2.24) is 0 Å². The van der Waals surface area contributed by atoms with Crippen molar-refractivity contribution in [2.75, 3.05) is 24.2 Å². The van der Waals surface area contributed by atoms with Crippen molar-refractivity contribution in [2.45, 2.75) is 13.8 Å². The molecule has 0 amide bonds. The average Bonchev–Trinajstić information content (AvgIpc) is 2.15. The summed E-state index contributed by atoms with van der Waals surface area (Å²) in [5, 5.41) is 27.4. The van der Waals surface area contributed by atoms with Gasteiger partial charge in [0.15, 0.2) is 0 Å². The van der Waals surface area contributed by atoms with Gasteiger partial charge in [-0.2, -0.15) is 0 Å². The van der Waals surface area contributed by atoms with E-state index in [0.717, 1.165) is 0 Å². The molecule has 0 saturated heterocycles. The third kappa shape index (κ3) is 2.10. The van der Waals surface area contributed by atoms with Gasteiger partial charge in [0.2, 0.25) is 0 Å². The molecule has 0 radical (unpaired) electrons. The molecular weight excluding hydrogens is 271 g/mol. The fourth-order valence-electron chi connectivity index (χ4n) is 0.826. The van der Waals surface area contributed by atoms with E-state index in [1.54, 1.807) is 6.92 Å². The minimum atomic E-state index is -0.608. The van der Waals surface area contributed by atoms with E-state index in [9.17, 15) is 0 Å². The Labute approximate surface area is 86.9 Å². The zero-order valence-electron chi connectivity index (χ0n) is 7.55. The molecule has 1 unspecified atom stereocenters. The first-order valence-corrected chi connectivity index (χ1v) is 5.41. The second-order valence-corrected chi connectivity index (χ2v) is 4.49. The minimum absolute atomic E-state index is 0.0203. The number of aliphatic hydroxyl groups excluding tert-OH is 3. The molecular formula is C8H17IO3.